The molecule has 1 aromatic carbocycles. The highest BCUT2D eigenvalue weighted by atomic mass is 16.6. The Kier molecular flexibility index (Phi) is 3.56. The molecule has 102 valence electrons. The predicted molar refractivity (Wildman–Crippen MR) is 74.1 cm³/mol. The maximum absolute atomic E-state index is 12.0. The molecule has 2 aliphatic heterocycles. The summed E-state index contributed by atoms with van der Waals surface area (Å²) in [6.45, 7) is 4.53. The Hall–Kier alpha value is -1.35. The number of likely N-dealkylation sites (tertiary alicyclic amines) is 1. The van der Waals surface area contributed by atoms with Gasteiger partial charge in [-0.25, -0.2) is 0 Å². The molecule has 3 rings (SSSR count). The first-order chi connectivity index (χ1) is 9.28. The van der Waals surface area contributed by atoms with Gasteiger partial charge in [0.1, 0.15) is 0 Å². The molecule has 2 saturated heterocycles. The Bertz CT molecular complexity index is 450. The van der Waals surface area contributed by atoms with E-state index < -0.39 is 0 Å². The molecule has 2 atom stereocenters. The van der Waals surface area contributed by atoms with Crippen LogP contribution >= 0.6 is 0 Å². The Morgan fingerprint density at radius 3 is 2.74 bits per heavy atom. The molecule has 19 heavy (non-hydrogen) atoms. The average molecular weight is 259 g/mol. The Balaban J connectivity index is 1.67. The van der Waals surface area contributed by atoms with Gasteiger partial charge >= 0.3 is 0 Å². The SMILES string of the molecule is CCc1ccc(C2CCCN(C(=O)C3CO3)C2)cc1. The van der Waals surface area contributed by atoms with Crippen LogP contribution in [0, 0.1) is 0 Å². The molecule has 0 aromatic heterocycles. The van der Waals surface area contributed by atoms with Gasteiger partial charge in [-0.1, -0.05) is 31.2 Å². The zero-order valence-corrected chi connectivity index (χ0v) is 11.5. The molecular weight excluding hydrogens is 238 g/mol. The van der Waals surface area contributed by atoms with E-state index in [-0.39, 0.29) is 12.0 Å². The largest absolute Gasteiger partial charge is 0.363 e. The van der Waals surface area contributed by atoms with Gasteiger partial charge in [-0.15, -0.1) is 0 Å². The quantitative estimate of drug-likeness (QED) is 0.781. The molecule has 0 N–H and O–H groups in total. The molecule has 2 aliphatic rings. The number of aryl methyl sites for hydroxylation is 1. The standard InChI is InChI=1S/C16H21NO2/c1-2-12-5-7-13(8-6-12)14-4-3-9-17(10-14)16(18)15-11-19-15/h5-8,14-15H,2-4,9-11H2,1H3. The first-order valence-corrected chi connectivity index (χ1v) is 7.27. The molecule has 3 heteroatoms. The smallest absolute Gasteiger partial charge is 0.254 e. The van der Waals surface area contributed by atoms with E-state index in [1.165, 1.54) is 17.5 Å². The third kappa shape index (κ3) is 2.81. The van der Waals surface area contributed by atoms with E-state index in [9.17, 15) is 4.79 Å². The van der Waals surface area contributed by atoms with Gasteiger partial charge in [0.2, 0.25) is 0 Å². The number of piperidine rings is 1. The number of nitrogens with zero attached hydrogens (tertiary/aromatic N) is 1. The third-order valence-corrected chi connectivity index (χ3v) is 4.20. The summed E-state index contributed by atoms with van der Waals surface area (Å²) in [4.78, 5) is 14.0. The van der Waals surface area contributed by atoms with Gasteiger partial charge in [-0.05, 0) is 30.4 Å². The van der Waals surface area contributed by atoms with E-state index in [1.807, 2.05) is 4.90 Å². The van der Waals surface area contributed by atoms with E-state index >= 15 is 0 Å². The van der Waals surface area contributed by atoms with E-state index in [2.05, 4.69) is 31.2 Å². The molecule has 0 spiro atoms. The molecule has 0 saturated carbocycles. The fourth-order valence-corrected chi connectivity index (χ4v) is 2.87. The Morgan fingerprint density at radius 2 is 2.11 bits per heavy atom. The topological polar surface area (TPSA) is 32.8 Å². The second-order valence-corrected chi connectivity index (χ2v) is 5.54. The van der Waals surface area contributed by atoms with Crippen LogP contribution in [0.5, 0.6) is 0 Å². The highest BCUT2D eigenvalue weighted by Gasteiger charge is 2.36. The zero-order valence-electron chi connectivity index (χ0n) is 11.5. The van der Waals surface area contributed by atoms with Gasteiger partial charge < -0.3 is 9.64 Å². The number of carbonyl (C=O) groups excluding carboxylic acids is 1. The first-order valence-electron chi connectivity index (χ1n) is 7.27. The number of hydrogen-bond donors (Lipinski definition) is 0. The molecule has 0 bridgehead atoms. The monoisotopic (exact) mass is 259 g/mol. The fraction of sp³-hybridized carbons (Fsp3) is 0.562. The zero-order chi connectivity index (χ0) is 13.2. The molecule has 3 nitrogen and oxygen atoms in total. The predicted octanol–water partition coefficient (Wildman–Crippen LogP) is 2.35. The van der Waals surface area contributed by atoms with Crippen molar-refractivity contribution in [2.24, 2.45) is 0 Å². The second kappa shape index (κ2) is 5.33. The lowest BCUT2D eigenvalue weighted by molar-refractivity contribution is -0.133. The molecule has 0 aliphatic carbocycles. The van der Waals surface area contributed by atoms with Gasteiger partial charge in [0, 0.05) is 19.0 Å². The Labute approximate surface area is 114 Å². The molecule has 0 radical (unpaired) electrons. The van der Waals surface area contributed by atoms with Crippen LogP contribution in [-0.2, 0) is 16.0 Å². The minimum Gasteiger partial charge on any atom is -0.363 e. The van der Waals surface area contributed by atoms with E-state index in [0.717, 1.165) is 25.9 Å². The van der Waals surface area contributed by atoms with Gasteiger partial charge in [0.25, 0.3) is 5.91 Å². The highest BCUT2D eigenvalue weighted by molar-refractivity contribution is 5.83. The van der Waals surface area contributed by atoms with Crippen molar-refractivity contribution in [3.8, 4) is 0 Å². The van der Waals surface area contributed by atoms with Crippen LogP contribution < -0.4 is 0 Å². The maximum Gasteiger partial charge on any atom is 0.254 e. The van der Waals surface area contributed by atoms with Crippen molar-refractivity contribution in [3.05, 3.63) is 35.4 Å². The molecule has 1 amide bonds. The summed E-state index contributed by atoms with van der Waals surface area (Å²) in [5.41, 5.74) is 2.74. The average Bonchev–Trinajstić information content (AvgIpc) is 3.31. The van der Waals surface area contributed by atoms with Crippen molar-refractivity contribution in [2.75, 3.05) is 19.7 Å². The highest BCUT2D eigenvalue weighted by Crippen LogP contribution is 2.28. The van der Waals surface area contributed by atoms with Gasteiger partial charge in [-0.2, -0.15) is 0 Å². The summed E-state index contributed by atoms with van der Waals surface area (Å²) in [7, 11) is 0. The summed E-state index contributed by atoms with van der Waals surface area (Å²) in [5.74, 6) is 0.678. The minimum absolute atomic E-state index is 0.138. The van der Waals surface area contributed by atoms with Crippen molar-refractivity contribution < 1.29 is 9.53 Å². The van der Waals surface area contributed by atoms with Crippen LogP contribution in [0.25, 0.3) is 0 Å². The lowest BCUT2D eigenvalue weighted by Crippen LogP contribution is -2.41. The van der Waals surface area contributed by atoms with E-state index in [0.29, 0.717) is 12.5 Å². The summed E-state index contributed by atoms with van der Waals surface area (Å²) < 4.78 is 5.10. The van der Waals surface area contributed by atoms with Crippen LogP contribution in [0.4, 0.5) is 0 Å². The summed E-state index contributed by atoms with van der Waals surface area (Å²) in [5, 5.41) is 0. The van der Waals surface area contributed by atoms with Gasteiger partial charge in [-0.3, -0.25) is 4.79 Å². The Morgan fingerprint density at radius 1 is 1.37 bits per heavy atom. The maximum atomic E-state index is 12.0. The number of amides is 1. The van der Waals surface area contributed by atoms with Crippen molar-refractivity contribution in [1.82, 2.24) is 4.90 Å². The number of epoxide rings is 1. The summed E-state index contributed by atoms with van der Waals surface area (Å²) in [6.07, 6.45) is 3.22. The fourth-order valence-electron chi connectivity index (χ4n) is 2.87. The second-order valence-electron chi connectivity index (χ2n) is 5.54. The van der Waals surface area contributed by atoms with Crippen molar-refractivity contribution in [2.45, 2.75) is 38.2 Å². The number of carbonyl (C=O) groups is 1. The van der Waals surface area contributed by atoms with Crippen LogP contribution in [0.3, 0.4) is 0 Å². The summed E-state index contributed by atoms with van der Waals surface area (Å²) in [6, 6.07) is 8.87. The van der Waals surface area contributed by atoms with Crippen LogP contribution in [0.15, 0.2) is 24.3 Å². The number of benzene rings is 1. The van der Waals surface area contributed by atoms with Gasteiger partial charge in [0.05, 0.1) is 6.61 Å². The number of hydrogen-bond acceptors (Lipinski definition) is 2. The van der Waals surface area contributed by atoms with Crippen LogP contribution in [-0.4, -0.2) is 36.6 Å². The van der Waals surface area contributed by atoms with Crippen LogP contribution in [0.1, 0.15) is 36.8 Å². The number of ether oxygens (including phenoxy) is 1. The molecular formula is C16H21NO2. The van der Waals surface area contributed by atoms with Crippen molar-refractivity contribution >= 4 is 5.91 Å². The summed E-state index contributed by atoms with van der Waals surface area (Å²) >= 11 is 0. The molecule has 2 heterocycles. The lowest BCUT2D eigenvalue weighted by atomic mass is 9.90. The van der Waals surface area contributed by atoms with E-state index in [1.54, 1.807) is 0 Å². The first kappa shape index (κ1) is 12.7. The normalized spacial score (nSPS) is 26.3. The minimum atomic E-state index is -0.138. The van der Waals surface area contributed by atoms with Crippen molar-refractivity contribution in [3.63, 3.8) is 0 Å². The molecule has 1 aromatic rings. The molecule has 2 unspecified atom stereocenters. The molecule has 2 fully saturated rings. The van der Waals surface area contributed by atoms with E-state index in [4.69, 9.17) is 4.74 Å². The third-order valence-electron chi connectivity index (χ3n) is 4.20. The number of rotatable bonds is 3. The van der Waals surface area contributed by atoms with Gasteiger partial charge in [0.15, 0.2) is 6.10 Å². The lowest BCUT2D eigenvalue weighted by Gasteiger charge is -2.32. The van der Waals surface area contributed by atoms with Crippen LogP contribution in [0.2, 0.25) is 0 Å². The van der Waals surface area contributed by atoms with Crippen molar-refractivity contribution in [1.29, 1.82) is 0 Å².